The summed E-state index contributed by atoms with van der Waals surface area (Å²) in [4.78, 5) is 4.63. The van der Waals surface area contributed by atoms with E-state index in [9.17, 15) is 13.2 Å². The Morgan fingerprint density at radius 1 is 1.05 bits per heavy atom. The van der Waals surface area contributed by atoms with Crippen molar-refractivity contribution in [3.8, 4) is 17.2 Å². The number of halogens is 4. The number of benzene rings is 2. The van der Waals surface area contributed by atoms with Gasteiger partial charge >= 0.3 is 6.36 Å². The third-order valence-electron chi connectivity index (χ3n) is 6.13. The molecule has 2 aromatic carbocycles. The molecule has 194 valence electrons. The molecule has 0 aliphatic carbocycles. The van der Waals surface area contributed by atoms with Gasteiger partial charge in [0.25, 0.3) is 0 Å². The predicted octanol–water partition coefficient (Wildman–Crippen LogP) is 5.88. The summed E-state index contributed by atoms with van der Waals surface area (Å²) in [6.45, 7) is 2.46. The number of alkyl halides is 3. The van der Waals surface area contributed by atoms with E-state index in [2.05, 4.69) is 25.2 Å². The van der Waals surface area contributed by atoms with Crippen molar-refractivity contribution in [2.75, 3.05) is 12.4 Å². The molecule has 8 nitrogen and oxygen atoms in total. The van der Waals surface area contributed by atoms with Gasteiger partial charge < -0.3 is 14.8 Å². The molecule has 1 unspecified atom stereocenters. The van der Waals surface area contributed by atoms with Crippen molar-refractivity contribution in [2.45, 2.75) is 45.0 Å². The van der Waals surface area contributed by atoms with Crippen LogP contribution in [-0.2, 0) is 6.54 Å². The van der Waals surface area contributed by atoms with E-state index in [0.29, 0.717) is 23.8 Å². The van der Waals surface area contributed by atoms with E-state index >= 15 is 4.39 Å². The molecule has 1 N–H and O–H groups in total. The van der Waals surface area contributed by atoms with Gasteiger partial charge in [-0.1, -0.05) is 18.6 Å². The van der Waals surface area contributed by atoms with Crippen LogP contribution in [0.2, 0.25) is 0 Å². The largest absolute Gasteiger partial charge is 0.573 e. The molecule has 1 aliphatic rings. The summed E-state index contributed by atoms with van der Waals surface area (Å²) in [7, 11) is 1.49. The number of aromatic nitrogens is 5. The van der Waals surface area contributed by atoms with Gasteiger partial charge in [0.2, 0.25) is 5.95 Å². The Kier molecular flexibility index (Phi) is 6.48. The summed E-state index contributed by atoms with van der Waals surface area (Å²) < 4.78 is 65.4. The molecule has 5 rings (SSSR count). The molecule has 0 fully saturated rings. The fourth-order valence-electron chi connectivity index (χ4n) is 4.44. The number of nitrogens with one attached hydrogen (secondary N) is 1. The summed E-state index contributed by atoms with van der Waals surface area (Å²) >= 11 is 0. The minimum Gasteiger partial charge on any atom is -0.494 e. The third kappa shape index (κ3) is 5.37. The summed E-state index contributed by atoms with van der Waals surface area (Å²) in [6, 6.07) is 10.4. The molecule has 37 heavy (non-hydrogen) atoms. The molecular weight excluding hydrogens is 492 g/mol. The Hall–Kier alpha value is -4.09. The highest BCUT2D eigenvalue weighted by Crippen LogP contribution is 2.35. The molecule has 2 aromatic heterocycles. The molecular formula is C25H24F4N6O2. The van der Waals surface area contributed by atoms with Crippen molar-refractivity contribution in [3.63, 3.8) is 0 Å². The van der Waals surface area contributed by atoms with E-state index in [1.54, 1.807) is 29.1 Å². The molecule has 4 aromatic rings. The van der Waals surface area contributed by atoms with Crippen molar-refractivity contribution in [1.82, 2.24) is 24.5 Å². The lowest BCUT2D eigenvalue weighted by Gasteiger charge is -2.15. The van der Waals surface area contributed by atoms with E-state index < -0.39 is 12.2 Å². The van der Waals surface area contributed by atoms with Crippen molar-refractivity contribution >= 4 is 11.6 Å². The number of anilines is 2. The van der Waals surface area contributed by atoms with Gasteiger partial charge in [-0.3, -0.25) is 0 Å². The number of fused-ring (bicyclic) bond motifs is 1. The monoisotopic (exact) mass is 516 g/mol. The molecule has 3 heterocycles. The minimum atomic E-state index is -4.75. The quantitative estimate of drug-likeness (QED) is 0.323. The van der Waals surface area contributed by atoms with Gasteiger partial charge in [0, 0.05) is 30.8 Å². The number of aryl methyl sites for hydroxylation is 2. The first-order valence-electron chi connectivity index (χ1n) is 11.7. The maximum absolute atomic E-state index is 15.1. The molecule has 1 atom stereocenters. The molecule has 0 saturated heterocycles. The average molecular weight is 516 g/mol. The van der Waals surface area contributed by atoms with Crippen LogP contribution in [-0.4, -0.2) is 38.0 Å². The van der Waals surface area contributed by atoms with Gasteiger partial charge in [-0.2, -0.15) is 10.1 Å². The Morgan fingerprint density at radius 3 is 2.51 bits per heavy atom. The van der Waals surface area contributed by atoms with Gasteiger partial charge in [-0.15, -0.1) is 18.3 Å². The van der Waals surface area contributed by atoms with Crippen molar-refractivity contribution in [2.24, 2.45) is 0 Å². The lowest BCUT2D eigenvalue weighted by molar-refractivity contribution is -0.274. The Labute approximate surface area is 209 Å². The van der Waals surface area contributed by atoms with Crippen LogP contribution in [0, 0.1) is 12.7 Å². The van der Waals surface area contributed by atoms with Crippen LogP contribution in [0.1, 0.15) is 42.3 Å². The van der Waals surface area contributed by atoms with Crippen LogP contribution in [0.3, 0.4) is 0 Å². The van der Waals surface area contributed by atoms with E-state index in [1.807, 2.05) is 6.92 Å². The van der Waals surface area contributed by atoms with E-state index in [1.165, 1.54) is 36.1 Å². The van der Waals surface area contributed by atoms with E-state index in [4.69, 9.17) is 4.74 Å². The molecule has 12 heteroatoms. The van der Waals surface area contributed by atoms with Gasteiger partial charge in [-0.05, 0) is 43.5 Å². The molecule has 1 aliphatic heterocycles. The summed E-state index contributed by atoms with van der Waals surface area (Å²) in [5.41, 5.74) is 2.16. The van der Waals surface area contributed by atoms with Gasteiger partial charge in [-0.25, -0.2) is 13.8 Å². The number of methoxy groups -OCH3 is 1. The van der Waals surface area contributed by atoms with Gasteiger partial charge in [0.05, 0.1) is 18.5 Å². The molecule has 0 saturated carbocycles. The van der Waals surface area contributed by atoms with Gasteiger partial charge in [0.1, 0.15) is 28.8 Å². The zero-order chi connectivity index (χ0) is 26.2. The second-order valence-electron chi connectivity index (χ2n) is 8.71. The normalized spacial score (nSPS) is 15.7. The first-order chi connectivity index (χ1) is 17.7. The van der Waals surface area contributed by atoms with Crippen molar-refractivity contribution in [1.29, 1.82) is 0 Å². The summed E-state index contributed by atoms with van der Waals surface area (Å²) in [5.74, 6) is 0.266. The smallest absolute Gasteiger partial charge is 0.494 e. The van der Waals surface area contributed by atoms with Gasteiger partial charge in [0.15, 0.2) is 0 Å². The SMILES string of the molecule is COc1cc(Nc2nc3n(n2)CCCCC3c2ccc(OC(F)(F)F)cc2)c(F)cc1-n1ccc(C)n1. The Balaban J connectivity index is 1.42. The highest BCUT2D eigenvalue weighted by Gasteiger charge is 2.31. The van der Waals surface area contributed by atoms with Crippen LogP contribution in [0.5, 0.6) is 11.5 Å². The lowest BCUT2D eigenvalue weighted by atomic mass is 9.93. The zero-order valence-electron chi connectivity index (χ0n) is 20.1. The lowest BCUT2D eigenvalue weighted by Crippen LogP contribution is -2.17. The van der Waals surface area contributed by atoms with E-state index in [0.717, 1.165) is 30.5 Å². The number of ether oxygens (including phenoxy) is 2. The summed E-state index contributed by atoms with van der Waals surface area (Å²) in [6.07, 6.45) is -0.521. The van der Waals surface area contributed by atoms with Crippen molar-refractivity contribution < 1.29 is 27.0 Å². The van der Waals surface area contributed by atoms with Crippen molar-refractivity contribution in [3.05, 3.63) is 71.6 Å². The summed E-state index contributed by atoms with van der Waals surface area (Å²) in [5, 5.41) is 11.8. The highest BCUT2D eigenvalue weighted by molar-refractivity contribution is 5.62. The predicted molar refractivity (Wildman–Crippen MR) is 127 cm³/mol. The van der Waals surface area contributed by atoms with Crippen LogP contribution < -0.4 is 14.8 Å². The third-order valence-corrected chi connectivity index (χ3v) is 6.13. The number of hydrogen-bond donors (Lipinski definition) is 1. The molecule has 0 amide bonds. The Bertz CT molecular complexity index is 1400. The zero-order valence-corrected chi connectivity index (χ0v) is 20.1. The van der Waals surface area contributed by atoms with Crippen LogP contribution in [0.25, 0.3) is 5.69 Å². The fourth-order valence-corrected chi connectivity index (χ4v) is 4.44. The Morgan fingerprint density at radius 2 is 1.84 bits per heavy atom. The second kappa shape index (κ2) is 9.75. The molecule has 0 spiro atoms. The fraction of sp³-hybridized carbons (Fsp3) is 0.320. The molecule has 0 bridgehead atoms. The first-order valence-corrected chi connectivity index (χ1v) is 11.7. The average Bonchev–Trinajstić information content (AvgIpc) is 3.40. The van der Waals surface area contributed by atoms with E-state index in [-0.39, 0.29) is 23.3 Å². The topological polar surface area (TPSA) is 79.0 Å². The highest BCUT2D eigenvalue weighted by atomic mass is 19.4. The standard InChI is InChI=1S/C25H24F4N6O2/c1-15-10-12-34(32-15)21-13-19(26)20(14-22(21)36-2)30-24-31-23-18(5-3-4-11-35(23)33-24)16-6-8-17(9-7-16)37-25(27,28)29/h6-10,12-14,18H,3-5,11H2,1-2H3,(H,30,33). The second-order valence-corrected chi connectivity index (χ2v) is 8.71. The first kappa shape index (κ1) is 24.6. The molecule has 0 radical (unpaired) electrons. The number of rotatable bonds is 6. The maximum Gasteiger partial charge on any atom is 0.573 e. The minimum absolute atomic E-state index is 0.135. The van der Waals surface area contributed by atoms with Crippen LogP contribution in [0.4, 0.5) is 29.2 Å². The maximum atomic E-state index is 15.1. The van der Waals surface area contributed by atoms with Crippen LogP contribution >= 0.6 is 0 Å². The van der Waals surface area contributed by atoms with Crippen LogP contribution in [0.15, 0.2) is 48.7 Å². The number of nitrogens with zero attached hydrogens (tertiary/aromatic N) is 5. The number of hydrogen-bond acceptors (Lipinski definition) is 6.